The Balaban J connectivity index is 1.49. The van der Waals surface area contributed by atoms with Gasteiger partial charge in [0, 0.05) is 30.6 Å². The van der Waals surface area contributed by atoms with Gasteiger partial charge in [-0.15, -0.1) is 0 Å². The minimum Gasteiger partial charge on any atom is -0.373 e. The van der Waals surface area contributed by atoms with Crippen LogP contribution in [-0.4, -0.2) is 30.9 Å². The van der Waals surface area contributed by atoms with E-state index in [1.807, 2.05) is 30.9 Å². The van der Waals surface area contributed by atoms with E-state index in [2.05, 4.69) is 37.2 Å². The second-order valence-corrected chi connectivity index (χ2v) is 8.66. The third-order valence-electron chi connectivity index (χ3n) is 5.79. The average Bonchev–Trinajstić information content (AvgIpc) is 3.43. The topological polar surface area (TPSA) is 74.8 Å². The van der Waals surface area contributed by atoms with E-state index in [-0.39, 0.29) is 17.7 Å². The van der Waals surface area contributed by atoms with E-state index in [0.717, 1.165) is 34.3 Å². The number of ether oxygens (including phenoxy) is 1. The maximum atomic E-state index is 13.2. The van der Waals surface area contributed by atoms with Gasteiger partial charge in [-0.3, -0.25) is 9.48 Å². The number of hydrogen-bond acceptors (Lipinski definition) is 5. The van der Waals surface area contributed by atoms with Crippen LogP contribution in [0.5, 0.6) is 0 Å². The van der Waals surface area contributed by atoms with Crippen molar-refractivity contribution in [3.63, 3.8) is 0 Å². The fraction of sp³-hybridized carbons (Fsp3) is 0.500. The number of hydrogen-bond donors (Lipinski definition) is 0. The number of halogens is 1. The predicted octanol–water partition coefficient (Wildman–Crippen LogP) is 3.80. The quantitative estimate of drug-likeness (QED) is 0.615. The van der Waals surface area contributed by atoms with Crippen molar-refractivity contribution in [3.05, 3.63) is 50.4 Å². The van der Waals surface area contributed by atoms with Gasteiger partial charge in [0.25, 0.3) is 5.56 Å². The van der Waals surface area contributed by atoms with Crippen molar-refractivity contribution in [3.8, 4) is 0 Å². The molecule has 0 amide bonds. The highest BCUT2D eigenvalue weighted by atomic mass is 79.9. The Morgan fingerprint density at radius 1 is 1.07 bits per heavy atom. The Morgan fingerprint density at radius 3 is 2.57 bits per heavy atom. The summed E-state index contributed by atoms with van der Waals surface area (Å²) in [5, 5.41) is 4.48. The third-order valence-corrected chi connectivity index (χ3v) is 6.37. The summed E-state index contributed by atoms with van der Waals surface area (Å²) in [6.45, 7) is 4.41. The van der Waals surface area contributed by atoms with Crippen molar-refractivity contribution in [1.82, 2.24) is 24.3 Å². The van der Waals surface area contributed by atoms with Gasteiger partial charge in [0.15, 0.2) is 5.52 Å². The predicted molar refractivity (Wildman–Crippen MR) is 108 cm³/mol. The molecule has 2 fully saturated rings. The number of fused-ring (bicyclic) bond motifs is 1. The largest absolute Gasteiger partial charge is 0.373 e. The van der Waals surface area contributed by atoms with Gasteiger partial charge < -0.3 is 9.30 Å². The van der Waals surface area contributed by atoms with Crippen LogP contribution in [0.3, 0.4) is 0 Å². The molecule has 0 radical (unpaired) electrons. The molecule has 1 aliphatic heterocycles. The Bertz CT molecular complexity index is 1120. The third kappa shape index (κ3) is 3.08. The molecule has 1 saturated heterocycles. The molecule has 4 heterocycles. The lowest BCUT2D eigenvalue weighted by molar-refractivity contribution is -0.00766. The van der Waals surface area contributed by atoms with Crippen LogP contribution in [0.25, 0.3) is 11.0 Å². The molecule has 3 aromatic rings. The lowest BCUT2D eigenvalue weighted by Crippen LogP contribution is -2.31. The van der Waals surface area contributed by atoms with Crippen LogP contribution in [-0.2, 0) is 4.74 Å². The van der Waals surface area contributed by atoms with Crippen molar-refractivity contribution in [2.75, 3.05) is 6.61 Å². The summed E-state index contributed by atoms with van der Waals surface area (Å²) in [4.78, 5) is 22.2. The van der Waals surface area contributed by atoms with Crippen molar-refractivity contribution >= 4 is 27.0 Å². The zero-order valence-electron chi connectivity index (χ0n) is 15.9. The molecule has 8 heteroatoms. The van der Waals surface area contributed by atoms with Crippen LogP contribution in [0.15, 0.2) is 27.9 Å². The van der Waals surface area contributed by atoms with Crippen LogP contribution in [0.4, 0.5) is 0 Å². The van der Waals surface area contributed by atoms with E-state index < -0.39 is 0 Å². The van der Waals surface area contributed by atoms with Gasteiger partial charge in [-0.1, -0.05) is 0 Å². The smallest absolute Gasteiger partial charge is 0.278 e. The minimum atomic E-state index is -0.0897. The number of aryl methyl sites for hydroxylation is 2. The van der Waals surface area contributed by atoms with Gasteiger partial charge in [-0.2, -0.15) is 5.10 Å². The highest BCUT2D eigenvalue weighted by molar-refractivity contribution is 9.10. The minimum absolute atomic E-state index is 0.0431. The van der Waals surface area contributed by atoms with E-state index in [4.69, 9.17) is 4.74 Å². The number of pyridine rings is 1. The second-order valence-electron chi connectivity index (χ2n) is 7.80. The molecule has 0 N–H and O–H groups in total. The van der Waals surface area contributed by atoms with E-state index in [0.29, 0.717) is 23.7 Å². The van der Waals surface area contributed by atoms with Gasteiger partial charge in [0.1, 0.15) is 5.52 Å². The van der Waals surface area contributed by atoms with Crippen LogP contribution in [0.2, 0.25) is 0 Å². The monoisotopic (exact) mass is 443 g/mol. The van der Waals surface area contributed by atoms with Gasteiger partial charge in [0.2, 0.25) is 0 Å². The molecule has 1 aliphatic carbocycles. The van der Waals surface area contributed by atoms with Crippen molar-refractivity contribution in [2.45, 2.75) is 57.7 Å². The summed E-state index contributed by atoms with van der Waals surface area (Å²) in [5.74, 6) is 0. The zero-order valence-corrected chi connectivity index (χ0v) is 17.5. The van der Waals surface area contributed by atoms with Crippen molar-refractivity contribution in [2.24, 2.45) is 0 Å². The Kier molecular flexibility index (Phi) is 4.35. The molecular weight excluding hydrogens is 422 g/mol. The average molecular weight is 444 g/mol. The molecule has 146 valence electrons. The fourth-order valence-electron chi connectivity index (χ4n) is 3.88. The first-order valence-corrected chi connectivity index (χ1v) is 10.5. The van der Waals surface area contributed by atoms with Crippen LogP contribution < -0.4 is 5.56 Å². The molecule has 2 aliphatic rings. The van der Waals surface area contributed by atoms with Gasteiger partial charge in [-0.05, 0) is 55.5 Å². The Hall–Kier alpha value is -2.06. The highest BCUT2D eigenvalue weighted by Gasteiger charge is 2.30. The van der Waals surface area contributed by atoms with E-state index in [1.54, 1.807) is 4.57 Å². The lowest BCUT2D eigenvalue weighted by atomic mass is 9.99. The summed E-state index contributed by atoms with van der Waals surface area (Å²) in [6, 6.07) is 0.608. The molecule has 1 saturated carbocycles. The summed E-state index contributed by atoms with van der Waals surface area (Å²) in [6.07, 6.45) is 9.76. The molecule has 7 nitrogen and oxygen atoms in total. The normalized spacial score (nSPS) is 22.7. The lowest BCUT2D eigenvalue weighted by Gasteiger charge is -2.30. The standard InChI is InChI=1S/C20H22BrN5O2/c1-11-12(2)24-19-18(23-11)16(21)10-25(20(19)27)15-5-6-28-17(7-15)13-8-22-26(9-13)14-3-4-14/h8-10,14-15,17H,3-7H2,1-2H3/t15-,17+/m0/s1. The number of nitrogens with zero attached hydrogens (tertiary/aromatic N) is 5. The molecule has 0 spiro atoms. The maximum absolute atomic E-state index is 13.2. The summed E-state index contributed by atoms with van der Waals surface area (Å²) in [5.41, 5.74) is 3.67. The first-order valence-electron chi connectivity index (χ1n) is 9.72. The van der Waals surface area contributed by atoms with Crippen LogP contribution in [0, 0.1) is 13.8 Å². The summed E-state index contributed by atoms with van der Waals surface area (Å²) in [7, 11) is 0. The number of rotatable bonds is 3. The molecule has 3 aromatic heterocycles. The van der Waals surface area contributed by atoms with Crippen LogP contribution >= 0.6 is 15.9 Å². The molecule has 28 heavy (non-hydrogen) atoms. The summed E-state index contributed by atoms with van der Waals surface area (Å²) < 4.78 is 10.7. The van der Waals surface area contributed by atoms with Gasteiger partial charge in [0.05, 0.1) is 34.2 Å². The second kappa shape index (κ2) is 6.77. The first kappa shape index (κ1) is 18.0. The summed E-state index contributed by atoms with van der Waals surface area (Å²) >= 11 is 3.59. The van der Waals surface area contributed by atoms with E-state index >= 15 is 0 Å². The SMILES string of the molecule is Cc1nc2c(Br)cn([C@H]3CCO[C@@H](c4cnn(C5CC5)c4)C3)c(=O)c2nc1C. The van der Waals surface area contributed by atoms with Gasteiger partial charge in [-0.25, -0.2) is 9.97 Å². The molecule has 0 aromatic carbocycles. The molecule has 2 atom stereocenters. The zero-order chi connectivity index (χ0) is 19.4. The molecule has 0 unspecified atom stereocenters. The van der Waals surface area contributed by atoms with Crippen molar-refractivity contribution < 1.29 is 4.74 Å². The number of aromatic nitrogens is 5. The van der Waals surface area contributed by atoms with Crippen LogP contribution in [0.1, 0.15) is 60.8 Å². The van der Waals surface area contributed by atoms with E-state index in [1.165, 1.54) is 12.8 Å². The van der Waals surface area contributed by atoms with Gasteiger partial charge >= 0.3 is 0 Å². The Morgan fingerprint density at radius 2 is 1.82 bits per heavy atom. The maximum Gasteiger partial charge on any atom is 0.278 e. The molecule has 5 rings (SSSR count). The van der Waals surface area contributed by atoms with Crippen molar-refractivity contribution in [1.29, 1.82) is 0 Å². The highest BCUT2D eigenvalue weighted by Crippen LogP contribution is 2.38. The molecular formula is C20H22BrN5O2. The fourth-order valence-corrected chi connectivity index (χ4v) is 4.37. The Labute approximate surface area is 170 Å². The molecule has 0 bridgehead atoms. The first-order chi connectivity index (χ1) is 13.5. The van der Waals surface area contributed by atoms with E-state index in [9.17, 15) is 4.79 Å².